The maximum absolute atomic E-state index is 5.79. The van der Waals surface area contributed by atoms with Gasteiger partial charge in [0.05, 0.1) is 6.04 Å². The molecule has 1 unspecified atom stereocenters. The van der Waals surface area contributed by atoms with Crippen molar-refractivity contribution in [3.8, 4) is 0 Å². The average molecular weight is 234 g/mol. The number of aromatic nitrogens is 2. The molecule has 3 nitrogen and oxygen atoms in total. The van der Waals surface area contributed by atoms with Gasteiger partial charge in [-0.25, -0.2) is 4.98 Å². The second-order valence-corrected chi connectivity index (χ2v) is 4.32. The van der Waals surface area contributed by atoms with E-state index in [9.17, 15) is 0 Å². The maximum Gasteiger partial charge on any atom is 0.129 e. The van der Waals surface area contributed by atoms with Crippen LogP contribution in [0, 0.1) is 0 Å². The van der Waals surface area contributed by atoms with Crippen LogP contribution in [-0.4, -0.2) is 16.1 Å². The summed E-state index contributed by atoms with van der Waals surface area (Å²) in [6, 6.07) is 8.31. The number of fused-ring (bicyclic) bond motifs is 1. The summed E-state index contributed by atoms with van der Waals surface area (Å²) in [6.45, 7) is 2.01. The molecule has 1 N–H and O–H groups in total. The van der Waals surface area contributed by atoms with E-state index in [1.165, 1.54) is 5.69 Å². The van der Waals surface area contributed by atoms with Crippen molar-refractivity contribution in [3.63, 3.8) is 0 Å². The molecule has 1 aliphatic heterocycles. The summed E-state index contributed by atoms with van der Waals surface area (Å²) in [5.41, 5.74) is 2.44. The lowest BCUT2D eigenvalue weighted by Gasteiger charge is -2.26. The third-order valence-corrected chi connectivity index (χ3v) is 3.17. The predicted molar refractivity (Wildman–Crippen MR) is 63.5 cm³/mol. The molecule has 4 heteroatoms. The molecular formula is C12H12ClN3. The molecule has 0 aliphatic carbocycles. The number of nitrogens with zero attached hydrogens (tertiary/aromatic N) is 2. The number of halogens is 1. The smallest absolute Gasteiger partial charge is 0.129 e. The molecule has 1 aliphatic rings. The fourth-order valence-corrected chi connectivity index (χ4v) is 2.29. The zero-order valence-electron chi connectivity index (χ0n) is 8.73. The van der Waals surface area contributed by atoms with Gasteiger partial charge in [0.25, 0.3) is 0 Å². The molecular weight excluding hydrogens is 222 g/mol. The fourth-order valence-electron chi connectivity index (χ4n) is 2.17. The Kier molecular flexibility index (Phi) is 2.42. The van der Waals surface area contributed by atoms with Crippen LogP contribution < -0.4 is 5.32 Å². The Morgan fingerprint density at radius 1 is 1.38 bits per heavy atom. The van der Waals surface area contributed by atoms with Crippen LogP contribution in [0.15, 0.2) is 36.7 Å². The fraction of sp³-hybridized carbons (Fsp3) is 0.250. The van der Waals surface area contributed by atoms with Gasteiger partial charge in [0.15, 0.2) is 0 Å². The standard InChI is InChI=1S/C12H12ClN3/c13-11-4-3-9(8-15-11)12-10-2-1-6-16(10)7-5-14-12/h1-4,6,8,12,14H,5,7H2. The van der Waals surface area contributed by atoms with Crippen molar-refractivity contribution in [2.45, 2.75) is 12.6 Å². The van der Waals surface area contributed by atoms with E-state index in [-0.39, 0.29) is 6.04 Å². The van der Waals surface area contributed by atoms with Crippen molar-refractivity contribution in [2.24, 2.45) is 0 Å². The van der Waals surface area contributed by atoms with Gasteiger partial charge in [0.1, 0.15) is 5.15 Å². The summed E-state index contributed by atoms with van der Waals surface area (Å²) in [5.74, 6) is 0. The molecule has 0 spiro atoms. The molecule has 0 amide bonds. The van der Waals surface area contributed by atoms with Crippen molar-refractivity contribution >= 4 is 11.6 Å². The zero-order valence-corrected chi connectivity index (χ0v) is 9.48. The van der Waals surface area contributed by atoms with Gasteiger partial charge in [-0.2, -0.15) is 0 Å². The number of hydrogen-bond donors (Lipinski definition) is 1. The van der Waals surface area contributed by atoms with Gasteiger partial charge >= 0.3 is 0 Å². The minimum atomic E-state index is 0.230. The molecule has 0 bridgehead atoms. The first kappa shape index (κ1) is 9.87. The highest BCUT2D eigenvalue weighted by Crippen LogP contribution is 2.25. The van der Waals surface area contributed by atoms with Gasteiger partial charge in [-0.05, 0) is 23.8 Å². The van der Waals surface area contributed by atoms with Gasteiger partial charge < -0.3 is 9.88 Å². The molecule has 0 saturated carbocycles. The van der Waals surface area contributed by atoms with Crippen LogP contribution in [0.1, 0.15) is 17.3 Å². The van der Waals surface area contributed by atoms with Crippen molar-refractivity contribution < 1.29 is 0 Å². The summed E-state index contributed by atoms with van der Waals surface area (Å²) in [5, 5.41) is 4.03. The lowest BCUT2D eigenvalue weighted by Crippen LogP contribution is -2.33. The Morgan fingerprint density at radius 2 is 2.31 bits per heavy atom. The number of pyridine rings is 1. The van der Waals surface area contributed by atoms with Crippen LogP contribution in [-0.2, 0) is 6.54 Å². The minimum absolute atomic E-state index is 0.230. The van der Waals surface area contributed by atoms with E-state index in [0.717, 1.165) is 18.7 Å². The topological polar surface area (TPSA) is 29.9 Å². The average Bonchev–Trinajstić information content (AvgIpc) is 2.78. The van der Waals surface area contributed by atoms with E-state index in [1.807, 2.05) is 18.3 Å². The third kappa shape index (κ3) is 1.62. The van der Waals surface area contributed by atoms with Crippen LogP contribution in [0.3, 0.4) is 0 Å². The highest BCUT2D eigenvalue weighted by molar-refractivity contribution is 6.29. The second kappa shape index (κ2) is 3.92. The van der Waals surface area contributed by atoms with Gasteiger partial charge in [0.2, 0.25) is 0 Å². The highest BCUT2D eigenvalue weighted by Gasteiger charge is 2.20. The minimum Gasteiger partial charge on any atom is -0.348 e. The molecule has 3 heterocycles. The molecule has 0 fully saturated rings. The van der Waals surface area contributed by atoms with Crippen molar-refractivity contribution in [1.29, 1.82) is 0 Å². The van der Waals surface area contributed by atoms with E-state index in [1.54, 1.807) is 0 Å². The molecule has 2 aromatic heterocycles. The van der Waals surface area contributed by atoms with Gasteiger partial charge in [-0.3, -0.25) is 0 Å². The zero-order chi connectivity index (χ0) is 11.0. The maximum atomic E-state index is 5.79. The third-order valence-electron chi connectivity index (χ3n) is 2.95. The normalized spacial score (nSPS) is 19.4. The SMILES string of the molecule is Clc1ccc(C2NCCn3cccc32)cn1. The first-order valence-electron chi connectivity index (χ1n) is 5.34. The van der Waals surface area contributed by atoms with E-state index >= 15 is 0 Å². The quantitative estimate of drug-likeness (QED) is 0.766. The molecule has 0 saturated heterocycles. The lowest BCUT2D eigenvalue weighted by molar-refractivity contribution is 0.466. The second-order valence-electron chi connectivity index (χ2n) is 3.93. The van der Waals surface area contributed by atoms with Crippen molar-refractivity contribution in [3.05, 3.63) is 53.1 Å². The number of rotatable bonds is 1. The Balaban J connectivity index is 2.00. The number of hydrogen-bond acceptors (Lipinski definition) is 2. The number of nitrogens with one attached hydrogen (secondary N) is 1. The Hall–Kier alpha value is -1.32. The van der Waals surface area contributed by atoms with Crippen LogP contribution in [0.2, 0.25) is 5.15 Å². The largest absolute Gasteiger partial charge is 0.348 e. The van der Waals surface area contributed by atoms with E-state index in [2.05, 4.69) is 33.2 Å². The summed E-state index contributed by atoms with van der Waals surface area (Å²) < 4.78 is 2.27. The molecule has 0 aromatic carbocycles. The Labute approximate surface area is 99.1 Å². The molecule has 1 atom stereocenters. The van der Waals surface area contributed by atoms with Crippen molar-refractivity contribution in [1.82, 2.24) is 14.9 Å². The Bertz CT molecular complexity index is 489. The van der Waals surface area contributed by atoms with Crippen LogP contribution in [0.4, 0.5) is 0 Å². The van der Waals surface area contributed by atoms with Gasteiger partial charge in [-0.1, -0.05) is 17.7 Å². The summed E-state index contributed by atoms with van der Waals surface area (Å²) in [6.07, 6.45) is 3.95. The summed E-state index contributed by atoms with van der Waals surface area (Å²) in [7, 11) is 0. The van der Waals surface area contributed by atoms with E-state index < -0.39 is 0 Å². The van der Waals surface area contributed by atoms with Crippen LogP contribution in [0.5, 0.6) is 0 Å². The first-order valence-corrected chi connectivity index (χ1v) is 5.72. The monoisotopic (exact) mass is 233 g/mol. The van der Waals surface area contributed by atoms with Crippen LogP contribution in [0.25, 0.3) is 0 Å². The van der Waals surface area contributed by atoms with E-state index in [0.29, 0.717) is 5.15 Å². The summed E-state index contributed by atoms with van der Waals surface area (Å²) >= 11 is 5.79. The predicted octanol–water partition coefficient (Wildman–Crippen LogP) is 2.23. The highest BCUT2D eigenvalue weighted by atomic mass is 35.5. The lowest BCUT2D eigenvalue weighted by atomic mass is 10.0. The molecule has 0 radical (unpaired) electrons. The molecule has 2 aromatic rings. The Morgan fingerprint density at radius 3 is 3.12 bits per heavy atom. The first-order chi connectivity index (χ1) is 7.84. The van der Waals surface area contributed by atoms with Gasteiger partial charge in [0, 0.05) is 31.2 Å². The van der Waals surface area contributed by atoms with Crippen molar-refractivity contribution in [2.75, 3.05) is 6.54 Å². The van der Waals surface area contributed by atoms with Gasteiger partial charge in [-0.15, -0.1) is 0 Å². The molecule has 3 rings (SSSR count). The summed E-state index contributed by atoms with van der Waals surface area (Å²) in [4.78, 5) is 4.13. The van der Waals surface area contributed by atoms with Crippen LogP contribution >= 0.6 is 11.6 Å². The molecule has 82 valence electrons. The van der Waals surface area contributed by atoms with E-state index in [4.69, 9.17) is 11.6 Å². The molecule has 16 heavy (non-hydrogen) atoms.